The number of pyridine rings is 1. The molecule has 5 heteroatoms. The van der Waals surface area contributed by atoms with Crippen molar-refractivity contribution < 1.29 is 9.90 Å². The summed E-state index contributed by atoms with van der Waals surface area (Å²) in [6.07, 6.45) is 2.82. The maximum atomic E-state index is 10.9. The molecule has 0 aromatic carbocycles. The van der Waals surface area contributed by atoms with Crippen LogP contribution >= 0.6 is 0 Å². The lowest BCUT2D eigenvalue weighted by Gasteiger charge is -2.30. The Morgan fingerprint density at radius 1 is 1.56 bits per heavy atom. The second kappa shape index (κ2) is 4.38. The summed E-state index contributed by atoms with van der Waals surface area (Å²) in [5, 5.41) is 8.94. The molecular weight excluding hydrogens is 206 g/mol. The summed E-state index contributed by atoms with van der Waals surface area (Å²) in [5.74, 6) is 0.743. The lowest BCUT2D eigenvalue weighted by Crippen LogP contribution is -2.38. The van der Waals surface area contributed by atoms with Gasteiger partial charge in [0.15, 0.2) is 0 Å². The van der Waals surface area contributed by atoms with Gasteiger partial charge in [-0.15, -0.1) is 0 Å². The van der Waals surface area contributed by atoms with Gasteiger partial charge in [0.25, 0.3) is 0 Å². The van der Waals surface area contributed by atoms with Gasteiger partial charge in [0, 0.05) is 25.2 Å². The number of aromatic nitrogens is 1. The van der Waals surface area contributed by atoms with Gasteiger partial charge in [-0.25, -0.2) is 9.78 Å². The zero-order chi connectivity index (χ0) is 11.5. The number of nitrogens with zero attached hydrogens (tertiary/aromatic N) is 2. The number of piperidine rings is 1. The average molecular weight is 221 g/mol. The van der Waals surface area contributed by atoms with Gasteiger partial charge in [0.05, 0.1) is 0 Å². The number of anilines is 1. The van der Waals surface area contributed by atoms with Crippen LogP contribution in [0, 0.1) is 0 Å². The van der Waals surface area contributed by atoms with Crippen molar-refractivity contribution in [3.8, 4) is 0 Å². The molecule has 1 aromatic heterocycles. The molecule has 1 fully saturated rings. The van der Waals surface area contributed by atoms with Gasteiger partial charge in [0.2, 0.25) is 0 Å². The molecule has 1 saturated heterocycles. The van der Waals surface area contributed by atoms with Gasteiger partial charge >= 0.3 is 6.09 Å². The third kappa shape index (κ3) is 2.24. The van der Waals surface area contributed by atoms with Crippen LogP contribution in [0.25, 0.3) is 0 Å². The van der Waals surface area contributed by atoms with Crippen molar-refractivity contribution in [2.45, 2.75) is 18.8 Å². The van der Waals surface area contributed by atoms with Gasteiger partial charge in [-0.1, -0.05) is 6.07 Å². The molecule has 1 aliphatic rings. The van der Waals surface area contributed by atoms with Crippen LogP contribution in [0.15, 0.2) is 18.3 Å². The van der Waals surface area contributed by atoms with Crippen molar-refractivity contribution in [2.24, 2.45) is 0 Å². The SMILES string of the molecule is Nc1ccc(C2CCCN(C(=O)O)C2)cn1. The van der Waals surface area contributed by atoms with Gasteiger partial charge in [-0.3, -0.25) is 0 Å². The minimum Gasteiger partial charge on any atom is -0.465 e. The van der Waals surface area contributed by atoms with E-state index in [-0.39, 0.29) is 5.92 Å². The number of likely N-dealkylation sites (tertiary alicyclic amines) is 1. The highest BCUT2D eigenvalue weighted by atomic mass is 16.4. The standard InChI is InChI=1S/C11H15N3O2/c12-10-4-3-8(6-13-10)9-2-1-5-14(7-9)11(15)16/h3-4,6,9H,1-2,5,7H2,(H2,12,13)(H,15,16). The maximum Gasteiger partial charge on any atom is 0.407 e. The first kappa shape index (κ1) is 10.7. The second-order valence-corrected chi connectivity index (χ2v) is 4.08. The van der Waals surface area contributed by atoms with E-state index in [0.29, 0.717) is 18.9 Å². The molecule has 86 valence electrons. The summed E-state index contributed by atoms with van der Waals surface area (Å²) >= 11 is 0. The fraction of sp³-hybridized carbons (Fsp3) is 0.455. The Labute approximate surface area is 93.9 Å². The van der Waals surface area contributed by atoms with Crippen LogP contribution < -0.4 is 5.73 Å². The Balaban J connectivity index is 2.09. The summed E-state index contributed by atoms with van der Waals surface area (Å²) in [6, 6.07) is 3.69. The third-order valence-electron chi connectivity index (χ3n) is 2.97. The van der Waals surface area contributed by atoms with E-state index < -0.39 is 6.09 Å². The van der Waals surface area contributed by atoms with Gasteiger partial charge in [-0.2, -0.15) is 0 Å². The van der Waals surface area contributed by atoms with E-state index in [2.05, 4.69) is 4.98 Å². The number of nitrogens with two attached hydrogens (primary N) is 1. The summed E-state index contributed by atoms with van der Waals surface area (Å²) in [6.45, 7) is 1.19. The number of rotatable bonds is 1. The van der Waals surface area contributed by atoms with E-state index in [1.807, 2.05) is 6.07 Å². The van der Waals surface area contributed by atoms with Crippen molar-refractivity contribution in [2.75, 3.05) is 18.8 Å². The first-order valence-corrected chi connectivity index (χ1v) is 5.36. The summed E-state index contributed by atoms with van der Waals surface area (Å²) in [7, 11) is 0. The van der Waals surface area contributed by atoms with Crippen LogP contribution in [-0.2, 0) is 0 Å². The summed E-state index contributed by atoms with van der Waals surface area (Å²) in [4.78, 5) is 16.4. The second-order valence-electron chi connectivity index (χ2n) is 4.08. The molecule has 1 aromatic rings. The first-order valence-electron chi connectivity index (χ1n) is 5.36. The number of carboxylic acid groups (broad SMARTS) is 1. The van der Waals surface area contributed by atoms with Crippen molar-refractivity contribution >= 4 is 11.9 Å². The van der Waals surface area contributed by atoms with E-state index in [1.54, 1.807) is 12.3 Å². The fourth-order valence-electron chi connectivity index (χ4n) is 2.08. The highest BCUT2D eigenvalue weighted by Crippen LogP contribution is 2.26. The molecule has 2 rings (SSSR count). The quantitative estimate of drug-likeness (QED) is 0.753. The van der Waals surface area contributed by atoms with Crippen LogP contribution in [0.1, 0.15) is 24.3 Å². The lowest BCUT2D eigenvalue weighted by molar-refractivity contribution is 0.130. The van der Waals surface area contributed by atoms with Crippen molar-refractivity contribution in [1.29, 1.82) is 0 Å². The molecule has 2 heterocycles. The zero-order valence-electron chi connectivity index (χ0n) is 8.97. The molecule has 16 heavy (non-hydrogen) atoms. The lowest BCUT2D eigenvalue weighted by atomic mass is 9.92. The first-order chi connectivity index (χ1) is 7.66. The van der Waals surface area contributed by atoms with E-state index in [4.69, 9.17) is 10.8 Å². The smallest absolute Gasteiger partial charge is 0.407 e. The Morgan fingerprint density at radius 3 is 3.00 bits per heavy atom. The normalized spacial score (nSPS) is 20.8. The maximum absolute atomic E-state index is 10.9. The Morgan fingerprint density at radius 2 is 2.38 bits per heavy atom. The molecule has 0 spiro atoms. The fourth-order valence-corrected chi connectivity index (χ4v) is 2.08. The molecule has 0 radical (unpaired) electrons. The number of nitrogen functional groups attached to an aromatic ring is 1. The van der Waals surface area contributed by atoms with Crippen molar-refractivity contribution in [3.05, 3.63) is 23.9 Å². The molecule has 0 bridgehead atoms. The van der Waals surface area contributed by atoms with Crippen molar-refractivity contribution in [3.63, 3.8) is 0 Å². The molecule has 3 N–H and O–H groups in total. The zero-order valence-corrected chi connectivity index (χ0v) is 8.97. The number of hydrogen-bond acceptors (Lipinski definition) is 3. The molecule has 1 aliphatic heterocycles. The predicted octanol–water partition coefficient (Wildman–Crippen LogP) is 1.52. The average Bonchev–Trinajstić information content (AvgIpc) is 2.30. The van der Waals surface area contributed by atoms with Gasteiger partial charge in [-0.05, 0) is 24.5 Å². The topological polar surface area (TPSA) is 79.5 Å². The highest BCUT2D eigenvalue weighted by Gasteiger charge is 2.24. The minimum absolute atomic E-state index is 0.248. The molecular formula is C11H15N3O2. The largest absolute Gasteiger partial charge is 0.465 e. The number of hydrogen-bond donors (Lipinski definition) is 2. The Bertz CT molecular complexity index is 377. The third-order valence-corrected chi connectivity index (χ3v) is 2.97. The monoisotopic (exact) mass is 221 g/mol. The highest BCUT2D eigenvalue weighted by molar-refractivity contribution is 5.65. The Kier molecular flexibility index (Phi) is 2.94. The van der Waals surface area contributed by atoms with Gasteiger partial charge < -0.3 is 15.7 Å². The Hall–Kier alpha value is -1.78. The molecule has 1 atom stereocenters. The predicted molar refractivity (Wildman–Crippen MR) is 60.2 cm³/mol. The summed E-state index contributed by atoms with van der Waals surface area (Å²) in [5.41, 5.74) is 6.59. The van der Waals surface area contributed by atoms with E-state index in [1.165, 1.54) is 4.90 Å². The van der Waals surface area contributed by atoms with E-state index in [0.717, 1.165) is 18.4 Å². The number of carbonyl (C=O) groups is 1. The van der Waals surface area contributed by atoms with E-state index >= 15 is 0 Å². The van der Waals surface area contributed by atoms with Crippen molar-refractivity contribution in [1.82, 2.24) is 9.88 Å². The minimum atomic E-state index is -0.840. The van der Waals surface area contributed by atoms with Crippen LogP contribution in [0.2, 0.25) is 0 Å². The van der Waals surface area contributed by atoms with Crippen LogP contribution in [0.5, 0.6) is 0 Å². The molecule has 1 amide bonds. The van der Waals surface area contributed by atoms with E-state index in [9.17, 15) is 4.79 Å². The molecule has 5 nitrogen and oxygen atoms in total. The number of amides is 1. The van der Waals surface area contributed by atoms with Gasteiger partial charge in [0.1, 0.15) is 5.82 Å². The molecule has 0 aliphatic carbocycles. The molecule has 0 saturated carbocycles. The summed E-state index contributed by atoms with van der Waals surface area (Å²) < 4.78 is 0. The van der Waals surface area contributed by atoms with Crippen LogP contribution in [0.3, 0.4) is 0 Å². The van der Waals surface area contributed by atoms with Crippen LogP contribution in [0.4, 0.5) is 10.6 Å². The van der Waals surface area contributed by atoms with Crippen LogP contribution in [-0.4, -0.2) is 34.2 Å². The molecule has 1 unspecified atom stereocenters.